The van der Waals surface area contributed by atoms with Gasteiger partial charge >= 0.3 is 5.97 Å². The van der Waals surface area contributed by atoms with Crippen molar-refractivity contribution in [1.29, 1.82) is 0 Å². The Balaban J connectivity index is 1.55. The van der Waals surface area contributed by atoms with Gasteiger partial charge in [0.05, 0.1) is 14.2 Å². The highest BCUT2D eigenvalue weighted by molar-refractivity contribution is 5.98. The fourth-order valence-electron chi connectivity index (χ4n) is 4.09. The molecule has 0 radical (unpaired) electrons. The first-order chi connectivity index (χ1) is 16.4. The van der Waals surface area contributed by atoms with Crippen LogP contribution in [0.1, 0.15) is 27.2 Å². The molecule has 6 nitrogen and oxygen atoms in total. The Morgan fingerprint density at radius 2 is 1.68 bits per heavy atom. The number of furan rings is 1. The van der Waals surface area contributed by atoms with E-state index in [1.165, 1.54) is 18.2 Å². The second-order valence-electron chi connectivity index (χ2n) is 8.23. The minimum atomic E-state index is -0.857. The number of hydrogen-bond acceptors (Lipinski definition) is 5. The van der Waals surface area contributed by atoms with E-state index in [0.717, 1.165) is 22.1 Å². The minimum Gasteiger partial charge on any atom is -0.497 e. The molecule has 1 N–H and O–H groups in total. The van der Waals surface area contributed by atoms with Crippen LogP contribution in [0.15, 0.2) is 71.1 Å². The number of hydrogen-bond donors (Lipinski definition) is 1. The van der Waals surface area contributed by atoms with Gasteiger partial charge in [-0.1, -0.05) is 42.5 Å². The van der Waals surface area contributed by atoms with Gasteiger partial charge in [-0.3, -0.25) is 4.79 Å². The predicted molar refractivity (Wildman–Crippen MR) is 131 cm³/mol. The normalized spacial score (nSPS) is 11.8. The largest absolute Gasteiger partial charge is 0.497 e. The van der Waals surface area contributed by atoms with E-state index in [1.807, 2.05) is 31.2 Å². The first kappa shape index (κ1) is 23.1. The Labute approximate surface area is 198 Å². The molecule has 0 bridgehead atoms. The highest BCUT2D eigenvalue weighted by Gasteiger charge is 2.25. The summed E-state index contributed by atoms with van der Waals surface area (Å²) in [5, 5.41) is 3.50. The second kappa shape index (κ2) is 9.83. The number of benzene rings is 3. The maximum absolute atomic E-state index is 12.9. The maximum atomic E-state index is 12.9. The molecule has 0 saturated carbocycles. The number of rotatable bonds is 7. The number of esters is 1. The van der Waals surface area contributed by atoms with Crippen LogP contribution < -0.4 is 10.1 Å². The number of aryl methyl sites for hydroxylation is 2. The van der Waals surface area contributed by atoms with Crippen LogP contribution in [-0.2, 0) is 16.0 Å². The van der Waals surface area contributed by atoms with Gasteiger partial charge in [0.2, 0.25) is 0 Å². The summed E-state index contributed by atoms with van der Waals surface area (Å²) < 4.78 is 15.8. The summed E-state index contributed by atoms with van der Waals surface area (Å²) >= 11 is 0. The number of methoxy groups -OCH3 is 2. The van der Waals surface area contributed by atoms with Crippen LogP contribution in [0.25, 0.3) is 22.1 Å². The minimum absolute atomic E-state index is 0.114. The lowest BCUT2D eigenvalue weighted by Gasteiger charge is -2.17. The summed E-state index contributed by atoms with van der Waals surface area (Å²) in [5.41, 5.74) is 6.07. The van der Waals surface area contributed by atoms with Gasteiger partial charge in [0.1, 0.15) is 17.4 Å². The molecule has 4 rings (SSSR count). The zero-order chi connectivity index (χ0) is 24.2. The summed E-state index contributed by atoms with van der Waals surface area (Å²) in [6.45, 7) is 4.12. The monoisotopic (exact) mass is 457 g/mol. The standard InChI is InChI=1S/C28H27NO5/c1-17-7-5-6-8-22(17)23-11-9-19(13-18(23)2)14-24(28(31)33-4)29-27(30)26-16-20-15-21(32-3)10-12-25(20)34-26/h5-13,15-16,24H,14H2,1-4H3,(H,29,30)/t24-/m0/s1. The predicted octanol–water partition coefficient (Wildman–Crippen LogP) is 5.24. The Morgan fingerprint density at radius 3 is 2.38 bits per heavy atom. The number of carbonyl (C=O) groups excluding carboxylic acids is 2. The van der Waals surface area contributed by atoms with E-state index in [2.05, 4.69) is 30.4 Å². The van der Waals surface area contributed by atoms with Crippen LogP contribution in [0.3, 0.4) is 0 Å². The zero-order valence-corrected chi connectivity index (χ0v) is 19.7. The molecular weight excluding hydrogens is 430 g/mol. The third-order valence-corrected chi connectivity index (χ3v) is 5.90. The molecule has 0 fully saturated rings. The van der Waals surface area contributed by atoms with Crippen molar-refractivity contribution in [2.45, 2.75) is 26.3 Å². The quantitative estimate of drug-likeness (QED) is 0.384. The van der Waals surface area contributed by atoms with Gasteiger partial charge in [0, 0.05) is 11.8 Å². The van der Waals surface area contributed by atoms with E-state index in [1.54, 1.807) is 31.4 Å². The molecule has 1 atom stereocenters. The molecule has 3 aromatic carbocycles. The van der Waals surface area contributed by atoms with Gasteiger partial charge in [0.15, 0.2) is 5.76 Å². The number of amides is 1. The van der Waals surface area contributed by atoms with Gasteiger partial charge in [-0.15, -0.1) is 0 Å². The van der Waals surface area contributed by atoms with Crippen molar-refractivity contribution in [1.82, 2.24) is 5.32 Å². The van der Waals surface area contributed by atoms with Gasteiger partial charge in [0.25, 0.3) is 5.91 Å². The molecule has 0 unspecified atom stereocenters. The van der Waals surface area contributed by atoms with Crippen molar-refractivity contribution in [3.63, 3.8) is 0 Å². The summed E-state index contributed by atoms with van der Waals surface area (Å²) in [5.74, 6) is -0.231. The van der Waals surface area contributed by atoms with Crippen LogP contribution in [-0.4, -0.2) is 32.1 Å². The third kappa shape index (κ3) is 4.81. The van der Waals surface area contributed by atoms with E-state index in [9.17, 15) is 9.59 Å². The molecule has 34 heavy (non-hydrogen) atoms. The number of nitrogens with one attached hydrogen (secondary N) is 1. The molecule has 0 spiro atoms. The highest BCUT2D eigenvalue weighted by atomic mass is 16.5. The van der Waals surface area contributed by atoms with Crippen LogP contribution in [0, 0.1) is 13.8 Å². The summed E-state index contributed by atoms with van der Waals surface area (Å²) in [4.78, 5) is 25.4. The Bertz CT molecular complexity index is 1350. The van der Waals surface area contributed by atoms with Gasteiger partial charge in [-0.2, -0.15) is 0 Å². The molecule has 0 aliphatic carbocycles. The molecule has 1 amide bonds. The molecule has 174 valence electrons. The Kier molecular flexibility index (Phi) is 6.68. The van der Waals surface area contributed by atoms with Crippen molar-refractivity contribution < 1.29 is 23.5 Å². The van der Waals surface area contributed by atoms with Gasteiger partial charge in [-0.05, 0) is 65.9 Å². The van der Waals surface area contributed by atoms with E-state index < -0.39 is 17.9 Å². The SMILES string of the molecule is COC(=O)[C@H](Cc1ccc(-c2ccccc2C)c(C)c1)NC(=O)c1cc2cc(OC)ccc2o1. The summed E-state index contributed by atoms with van der Waals surface area (Å²) in [6.07, 6.45) is 0.293. The Hall–Kier alpha value is -4.06. The number of ether oxygens (including phenoxy) is 2. The van der Waals surface area contributed by atoms with Crippen LogP contribution in [0.4, 0.5) is 0 Å². The smallest absolute Gasteiger partial charge is 0.328 e. The molecule has 0 aliphatic heterocycles. The average molecular weight is 458 g/mol. The molecule has 6 heteroatoms. The number of carbonyl (C=O) groups is 2. The van der Waals surface area contributed by atoms with Crippen LogP contribution >= 0.6 is 0 Å². The first-order valence-corrected chi connectivity index (χ1v) is 11.0. The lowest BCUT2D eigenvalue weighted by Crippen LogP contribution is -2.43. The summed E-state index contributed by atoms with van der Waals surface area (Å²) in [7, 11) is 2.88. The van der Waals surface area contributed by atoms with E-state index >= 15 is 0 Å². The lowest BCUT2D eigenvalue weighted by molar-refractivity contribution is -0.142. The average Bonchev–Trinajstić information content (AvgIpc) is 3.27. The van der Waals surface area contributed by atoms with Crippen molar-refractivity contribution in [2.75, 3.05) is 14.2 Å². The topological polar surface area (TPSA) is 77.8 Å². The molecule has 0 saturated heterocycles. The van der Waals surface area contributed by atoms with E-state index in [-0.39, 0.29) is 5.76 Å². The fraction of sp³-hybridized carbons (Fsp3) is 0.214. The van der Waals surface area contributed by atoms with Crippen molar-refractivity contribution in [2.24, 2.45) is 0 Å². The van der Waals surface area contributed by atoms with E-state index in [4.69, 9.17) is 13.9 Å². The molecule has 4 aromatic rings. The maximum Gasteiger partial charge on any atom is 0.328 e. The summed E-state index contributed by atoms with van der Waals surface area (Å²) in [6, 6.07) is 20.3. The van der Waals surface area contributed by atoms with Crippen molar-refractivity contribution in [3.8, 4) is 16.9 Å². The van der Waals surface area contributed by atoms with E-state index in [0.29, 0.717) is 17.8 Å². The molecule has 0 aliphatic rings. The second-order valence-corrected chi connectivity index (χ2v) is 8.23. The molecule has 1 aromatic heterocycles. The molecule has 1 heterocycles. The Morgan fingerprint density at radius 1 is 0.912 bits per heavy atom. The van der Waals surface area contributed by atoms with Crippen LogP contribution in [0.2, 0.25) is 0 Å². The fourth-order valence-corrected chi connectivity index (χ4v) is 4.09. The third-order valence-electron chi connectivity index (χ3n) is 5.90. The highest BCUT2D eigenvalue weighted by Crippen LogP contribution is 2.28. The lowest BCUT2D eigenvalue weighted by atomic mass is 9.93. The zero-order valence-electron chi connectivity index (χ0n) is 19.7. The number of fused-ring (bicyclic) bond motifs is 1. The first-order valence-electron chi connectivity index (χ1n) is 11.0. The van der Waals surface area contributed by atoms with Crippen molar-refractivity contribution in [3.05, 3.63) is 89.2 Å². The molecular formula is C28H27NO5. The van der Waals surface area contributed by atoms with Crippen LogP contribution in [0.5, 0.6) is 5.75 Å². The van der Waals surface area contributed by atoms with Gasteiger partial charge < -0.3 is 19.2 Å². The van der Waals surface area contributed by atoms with Crippen molar-refractivity contribution >= 4 is 22.8 Å². The van der Waals surface area contributed by atoms with Gasteiger partial charge in [-0.25, -0.2) is 4.79 Å².